The van der Waals surface area contributed by atoms with Crippen molar-refractivity contribution in [2.75, 3.05) is 40.5 Å². The number of ether oxygens (including phenoxy) is 2. The van der Waals surface area contributed by atoms with Crippen molar-refractivity contribution < 1.29 is 46.8 Å². The van der Waals surface area contributed by atoms with Gasteiger partial charge in [-0.25, -0.2) is 9.59 Å². The van der Waals surface area contributed by atoms with Crippen molar-refractivity contribution in [3.63, 3.8) is 0 Å². The summed E-state index contributed by atoms with van der Waals surface area (Å²) in [5, 5.41) is 0. The summed E-state index contributed by atoms with van der Waals surface area (Å²) in [5.74, 6) is -0.929. The maximum Gasteiger partial charge on any atom is 0.417 e. The molecule has 4 rings (SSSR count). The Morgan fingerprint density at radius 3 is 2.58 bits per heavy atom. The molecule has 2 aliphatic heterocycles. The highest BCUT2D eigenvalue weighted by Gasteiger charge is 2.38. The quantitative estimate of drug-likeness (QED) is 0.335. The first-order chi connectivity index (χ1) is 18.1. The molecule has 0 bridgehead atoms. The molecule has 1 fully saturated rings. The summed E-state index contributed by atoms with van der Waals surface area (Å²) in [7, 11) is 2.36. The van der Waals surface area contributed by atoms with Crippen molar-refractivity contribution in [3.8, 4) is 16.9 Å². The number of halogens is 3. The second kappa shape index (κ2) is 11.1. The van der Waals surface area contributed by atoms with Gasteiger partial charge in [0.1, 0.15) is 6.04 Å². The minimum atomic E-state index is -4.65. The van der Waals surface area contributed by atoms with E-state index in [1.54, 1.807) is 6.07 Å². The zero-order valence-corrected chi connectivity index (χ0v) is 20.6. The van der Waals surface area contributed by atoms with Crippen molar-refractivity contribution in [3.05, 3.63) is 59.2 Å². The molecular formula is C26H25F3N2O7. The lowest BCUT2D eigenvalue weighted by Crippen LogP contribution is -2.59. The van der Waals surface area contributed by atoms with Crippen LogP contribution in [-0.4, -0.2) is 74.3 Å². The molecule has 2 aromatic rings. The van der Waals surface area contributed by atoms with Gasteiger partial charge in [0, 0.05) is 36.7 Å². The SMILES string of the molecule is COC(=O)C1CN(C(=O)OC)CCN1C(=O)/C=C/c1cccc(C(F)(F)F)c1-c1ccc2c(c1)CCOO2. The molecule has 0 saturated carbocycles. The smallest absolute Gasteiger partial charge is 0.417 e. The van der Waals surface area contributed by atoms with Gasteiger partial charge in [-0.05, 0) is 35.4 Å². The lowest BCUT2D eigenvalue weighted by Gasteiger charge is -2.38. The molecular weight excluding hydrogens is 509 g/mol. The van der Waals surface area contributed by atoms with Gasteiger partial charge in [-0.3, -0.25) is 4.79 Å². The Bertz CT molecular complexity index is 1260. The van der Waals surface area contributed by atoms with Crippen LogP contribution in [-0.2, 0) is 36.5 Å². The van der Waals surface area contributed by atoms with E-state index in [0.717, 1.165) is 19.3 Å². The summed E-state index contributed by atoms with van der Waals surface area (Å²) in [6.07, 6.45) is -2.45. The Kier molecular flexibility index (Phi) is 7.91. The Hall–Kier alpha value is -4.06. The fraction of sp³-hybridized carbons (Fsp3) is 0.346. The highest BCUT2D eigenvalue weighted by Crippen LogP contribution is 2.41. The van der Waals surface area contributed by atoms with E-state index in [9.17, 15) is 27.6 Å². The average Bonchev–Trinajstić information content (AvgIpc) is 2.93. The van der Waals surface area contributed by atoms with Gasteiger partial charge < -0.3 is 24.2 Å². The number of benzene rings is 2. The van der Waals surface area contributed by atoms with Crippen molar-refractivity contribution in [2.24, 2.45) is 0 Å². The van der Waals surface area contributed by atoms with Crippen LogP contribution in [0.3, 0.4) is 0 Å². The summed E-state index contributed by atoms with van der Waals surface area (Å²) >= 11 is 0. The fourth-order valence-corrected chi connectivity index (χ4v) is 4.47. The number of hydrogen-bond acceptors (Lipinski definition) is 7. The molecule has 0 aliphatic carbocycles. The predicted molar refractivity (Wildman–Crippen MR) is 128 cm³/mol. The van der Waals surface area contributed by atoms with Gasteiger partial charge in [-0.15, -0.1) is 0 Å². The highest BCUT2D eigenvalue weighted by atomic mass is 19.4. The number of alkyl halides is 3. The highest BCUT2D eigenvalue weighted by molar-refractivity contribution is 5.96. The number of carbonyl (C=O) groups is 3. The molecule has 2 heterocycles. The monoisotopic (exact) mass is 534 g/mol. The van der Waals surface area contributed by atoms with E-state index in [2.05, 4.69) is 0 Å². The lowest BCUT2D eigenvalue weighted by atomic mass is 9.92. The third kappa shape index (κ3) is 5.59. The van der Waals surface area contributed by atoms with E-state index < -0.39 is 35.8 Å². The summed E-state index contributed by atoms with van der Waals surface area (Å²) in [6.45, 7) is 0.230. The van der Waals surface area contributed by atoms with E-state index in [0.29, 0.717) is 23.3 Å². The number of amides is 2. The summed E-state index contributed by atoms with van der Waals surface area (Å²) in [4.78, 5) is 49.9. The molecule has 0 spiro atoms. The maximum atomic E-state index is 14.0. The Balaban J connectivity index is 1.68. The van der Waals surface area contributed by atoms with Crippen LogP contribution >= 0.6 is 0 Å². The molecule has 12 heteroatoms. The Morgan fingerprint density at radius 1 is 1.08 bits per heavy atom. The van der Waals surface area contributed by atoms with Crippen LogP contribution in [0.5, 0.6) is 5.75 Å². The number of piperazine rings is 1. The van der Waals surface area contributed by atoms with Crippen molar-refractivity contribution in [2.45, 2.75) is 18.6 Å². The fourth-order valence-electron chi connectivity index (χ4n) is 4.47. The molecule has 2 aromatic carbocycles. The van der Waals surface area contributed by atoms with Crippen LogP contribution in [0.1, 0.15) is 16.7 Å². The first-order valence-electron chi connectivity index (χ1n) is 11.7. The first kappa shape index (κ1) is 27.0. The number of fused-ring (bicyclic) bond motifs is 1. The minimum Gasteiger partial charge on any atom is -0.467 e. The van der Waals surface area contributed by atoms with Crippen molar-refractivity contribution in [1.82, 2.24) is 9.80 Å². The Labute approximate surface area is 216 Å². The van der Waals surface area contributed by atoms with Gasteiger partial charge in [-0.1, -0.05) is 18.2 Å². The summed E-state index contributed by atoms with van der Waals surface area (Å²) in [5.41, 5.74) is 0.191. The van der Waals surface area contributed by atoms with E-state index in [1.807, 2.05) is 0 Å². The largest absolute Gasteiger partial charge is 0.467 e. The van der Waals surface area contributed by atoms with E-state index >= 15 is 0 Å². The van der Waals surface area contributed by atoms with Crippen LogP contribution in [0.2, 0.25) is 0 Å². The van der Waals surface area contributed by atoms with Gasteiger partial charge in [0.15, 0.2) is 5.75 Å². The maximum absolute atomic E-state index is 14.0. The van der Waals surface area contributed by atoms with Crippen LogP contribution in [0.4, 0.5) is 18.0 Å². The molecule has 9 nitrogen and oxygen atoms in total. The molecule has 202 valence electrons. The van der Waals surface area contributed by atoms with Gasteiger partial charge >= 0.3 is 18.2 Å². The zero-order valence-electron chi connectivity index (χ0n) is 20.6. The minimum absolute atomic E-state index is 0.000378. The van der Waals surface area contributed by atoms with Crippen molar-refractivity contribution >= 4 is 24.0 Å². The molecule has 1 saturated heterocycles. The summed E-state index contributed by atoms with van der Waals surface area (Å²) in [6, 6.07) is 7.26. The first-order valence-corrected chi connectivity index (χ1v) is 11.7. The van der Waals surface area contributed by atoms with Crippen LogP contribution in [0, 0.1) is 0 Å². The van der Waals surface area contributed by atoms with E-state index in [4.69, 9.17) is 19.2 Å². The lowest BCUT2D eigenvalue weighted by molar-refractivity contribution is -0.215. The van der Waals surface area contributed by atoms with Gasteiger partial charge in [0.2, 0.25) is 5.91 Å². The predicted octanol–water partition coefficient (Wildman–Crippen LogP) is 3.70. The standard InChI is InChI=1S/C26H25F3N2O7/c1-35-24(33)20-15-30(25(34)36-2)11-12-31(20)22(32)9-7-16-4-3-5-19(26(27,28)29)23(16)18-6-8-21-17(14-18)10-13-37-38-21/h3-9,14,20H,10-13,15H2,1-2H3/b9-7+. The molecule has 1 unspecified atom stereocenters. The number of carbonyl (C=O) groups excluding carboxylic acids is 3. The third-order valence-electron chi connectivity index (χ3n) is 6.33. The number of hydrogen-bond donors (Lipinski definition) is 0. The second-order valence-corrected chi connectivity index (χ2v) is 8.57. The van der Waals surface area contributed by atoms with Crippen LogP contribution in [0.15, 0.2) is 42.5 Å². The molecule has 0 aromatic heterocycles. The molecule has 38 heavy (non-hydrogen) atoms. The molecule has 1 atom stereocenters. The van der Waals surface area contributed by atoms with Crippen LogP contribution < -0.4 is 4.89 Å². The van der Waals surface area contributed by atoms with Crippen LogP contribution in [0.25, 0.3) is 17.2 Å². The zero-order chi connectivity index (χ0) is 27.4. The number of rotatable bonds is 4. The summed E-state index contributed by atoms with van der Waals surface area (Å²) < 4.78 is 51.5. The normalized spacial score (nSPS) is 17.6. The second-order valence-electron chi connectivity index (χ2n) is 8.57. The Morgan fingerprint density at radius 2 is 1.87 bits per heavy atom. The van der Waals surface area contributed by atoms with Gasteiger partial charge in [0.25, 0.3) is 0 Å². The van der Waals surface area contributed by atoms with E-state index in [-0.39, 0.29) is 37.4 Å². The number of esters is 1. The van der Waals surface area contributed by atoms with Crippen molar-refractivity contribution in [1.29, 1.82) is 0 Å². The molecule has 0 radical (unpaired) electrons. The third-order valence-corrected chi connectivity index (χ3v) is 6.33. The average molecular weight is 534 g/mol. The van der Waals surface area contributed by atoms with E-state index in [1.165, 1.54) is 47.3 Å². The molecule has 2 aliphatic rings. The number of methoxy groups -OCH3 is 2. The molecule has 2 amide bonds. The number of nitrogens with zero attached hydrogens (tertiary/aromatic N) is 2. The van der Waals surface area contributed by atoms with Gasteiger partial charge in [0.05, 0.1) is 32.9 Å². The van der Waals surface area contributed by atoms with Gasteiger partial charge in [-0.2, -0.15) is 18.1 Å². The topological polar surface area (TPSA) is 94.6 Å². The molecule has 0 N–H and O–H groups in total.